The van der Waals surface area contributed by atoms with E-state index in [9.17, 15) is 4.79 Å². The summed E-state index contributed by atoms with van der Waals surface area (Å²) in [6, 6.07) is 7.93. The van der Waals surface area contributed by atoms with Crippen molar-refractivity contribution in [2.24, 2.45) is 5.92 Å². The second-order valence-corrected chi connectivity index (χ2v) is 6.68. The summed E-state index contributed by atoms with van der Waals surface area (Å²) < 4.78 is 1.04. The molecule has 0 aliphatic heterocycles. The average Bonchev–Trinajstić information content (AvgIpc) is 2.44. The van der Waals surface area contributed by atoms with E-state index in [4.69, 9.17) is 5.11 Å². The fourth-order valence-electron chi connectivity index (χ4n) is 1.93. The van der Waals surface area contributed by atoms with Gasteiger partial charge in [0.05, 0.1) is 5.75 Å². The zero-order valence-electron chi connectivity index (χ0n) is 11.8. The van der Waals surface area contributed by atoms with Crippen LogP contribution in [-0.4, -0.2) is 29.9 Å². The van der Waals surface area contributed by atoms with Gasteiger partial charge in [0.2, 0.25) is 5.91 Å². The van der Waals surface area contributed by atoms with Crippen LogP contribution in [0.25, 0.3) is 0 Å². The molecule has 1 aromatic rings. The van der Waals surface area contributed by atoms with Crippen molar-refractivity contribution in [2.45, 2.75) is 31.1 Å². The zero-order valence-corrected chi connectivity index (χ0v) is 14.2. The number of rotatable bonds is 9. The SMILES string of the molecule is CCCC(CCO)CNC(=O)CSc1ccc(Br)cc1. The first-order valence-corrected chi connectivity index (χ1v) is 8.69. The predicted molar refractivity (Wildman–Crippen MR) is 88.0 cm³/mol. The molecule has 1 unspecified atom stereocenters. The number of hydrogen-bond acceptors (Lipinski definition) is 3. The Hall–Kier alpha value is -0.520. The molecular formula is C15H22BrNO2S. The molecule has 0 spiro atoms. The van der Waals surface area contributed by atoms with Gasteiger partial charge in [0.15, 0.2) is 0 Å². The average molecular weight is 360 g/mol. The van der Waals surface area contributed by atoms with Crippen LogP contribution < -0.4 is 5.32 Å². The molecule has 5 heteroatoms. The number of carbonyl (C=O) groups excluding carboxylic acids is 1. The summed E-state index contributed by atoms with van der Waals surface area (Å²) in [7, 11) is 0. The van der Waals surface area contributed by atoms with Gasteiger partial charge in [0, 0.05) is 22.5 Å². The standard InChI is InChI=1S/C15H22BrNO2S/c1-2-3-12(8-9-18)10-17-15(19)11-20-14-6-4-13(16)5-7-14/h4-7,12,18H,2-3,8-11H2,1H3,(H,17,19). The second-order valence-electron chi connectivity index (χ2n) is 4.71. The molecule has 0 saturated carbocycles. The van der Waals surface area contributed by atoms with Gasteiger partial charge in [-0.1, -0.05) is 29.3 Å². The lowest BCUT2D eigenvalue weighted by atomic mass is 10.0. The van der Waals surface area contributed by atoms with Crippen LogP contribution in [0.3, 0.4) is 0 Å². The minimum Gasteiger partial charge on any atom is -0.396 e. The normalized spacial score (nSPS) is 12.2. The number of amides is 1. The van der Waals surface area contributed by atoms with E-state index in [-0.39, 0.29) is 12.5 Å². The van der Waals surface area contributed by atoms with E-state index < -0.39 is 0 Å². The van der Waals surface area contributed by atoms with Gasteiger partial charge in [-0.2, -0.15) is 0 Å². The Morgan fingerprint density at radius 3 is 2.65 bits per heavy atom. The summed E-state index contributed by atoms with van der Waals surface area (Å²) in [6.45, 7) is 2.97. The van der Waals surface area contributed by atoms with Crippen molar-refractivity contribution in [2.75, 3.05) is 18.9 Å². The van der Waals surface area contributed by atoms with Crippen LogP contribution in [0.1, 0.15) is 26.2 Å². The number of benzene rings is 1. The summed E-state index contributed by atoms with van der Waals surface area (Å²) in [4.78, 5) is 12.9. The van der Waals surface area contributed by atoms with Gasteiger partial charge < -0.3 is 10.4 Å². The van der Waals surface area contributed by atoms with Crippen molar-refractivity contribution >= 4 is 33.6 Å². The molecule has 1 aromatic carbocycles. The predicted octanol–water partition coefficient (Wildman–Crippen LogP) is 3.46. The molecule has 1 rings (SSSR count). The zero-order chi connectivity index (χ0) is 14.8. The smallest absolute Gasteiger partial charge is 0.230 e. The van der Waals surface area contributed by atoms with Crippen LogP contribution in [-0.2, 0) is 4.79 Å². The number of carbonyl (C=O) groups is 1. The maximum Gasteiger partial charge on any atom is 0.230 e. The monoisotopic (exact) mass is 359 g/mol. The van der Waals surface area contributed by atoms with Crippen molar-refractivity contribution in [3.05, 3.63) is 28.7 Å². The molecule has 0 aliphatic carbocycles. The second kappa shape index (κ2) is 10.2. The van der Waals surface area contributed by atoms with E-state index in [0.29, 0.717) is 18.2 Å². The third-order valence-electron chi connectivity index (χ3n) is 3.01. The van der Waals surface area contributed by atoms with E-state index in [1.54, 1.807) is 0 Å². The molecule has 0 saturated heterocycles. The first-order valence-electron chi connectivity index (χ1n) is 6.91. The first-order chi connectivity index (χ1) is 9.65. The van der Waals surface area contributed by atoms with E-state index in [1.165, 1.54) is 11.8 Å². The third-order valence-corrected chi connectivity index (χ3v) is 4.55. The van der Waals surface area contributed by atoms with Crippen molar-refractivity contribution in [3.8, 4) is 0 Å². The largest absolute Gasteiger partial charge is 0.396 e. The maximum absolute atomic E-state index is 11.8. The molecule has 3 nitrogen and oxygen atoms in total. The minimum atomic E-state index is 0.0527. The highest BCUT2D eigenvalue weighted by molar-refractivity contribution is 9.10. The summed E-state index contributed by atoms with van der Waals surface area (Å²) in [5, 5.41) is 11.9. The lowest BCUT2D eigenvalue weighted by molar-refractivity contribution is -0.118. The number of aliphatic hydroxyl groups excluding tert-OH is 1. The molecule has 112 valence electrons. The Morgan fingerprint density at radius 1 is 1.35 bits per heavy atom. The van der Waals surface area contributed by atoms with Crippen molar-refractivity contribution in [3.63, 3.8) is 0 Å². The van der Waals surface area contributed by atoms with Crippen LogP contribution in [0, 0.1) is 5.92 Å². The van der Waals surface area contributed by atoms with Crippen LogP contribution in [0.2, 0.25) is 0 Å². The van der Waals surface area contributed by atoms with Crippen molar-refractivity contribution in [1.82, 2.24) is 5.32 Å². The Labute approximate surface area is 133 Å². The van der Waals surface area contributed by atoms with Crippen LogP contribution in [0.15, 0.2) is 33.6 Å². The highest BCUT2D eigenvalue weighted by atomic mass is 79.9. The van der Waals surface area contributed by atoms with Gasteiger partial charge in [0.25, 0.3) is 0 Å². The molecule has 0 bridgehead atoms. The fraction of sp³-hybridized carbons (Fsp3) is 0.533. The Kier molecular flexibility index (Phi) is 8.98. The lowest BCUT2D eigenvalue weighted by Gasteiger charge is -2.15. The highest BCUT2D eigenvalue weighted by Gasteiger charge is 2.09. The Morgan fingerprint density at radius 2 is 2.05 bits per heavy atom. The molecule has 2 N–H and O–H groups in total. The van der Waals surface area contributed by atoms with Gasteiger partial charge in [0.1, 0.15) is 0 Å². The minimum absolute atomic E-state index is 0.0527. The van der Waals surface area contributed by atoms with Crippen molar-refractivity contribution < 1.29 is 9.90 Å². The van der Waals surface area contributed by atoms with Crippen LogP contribution in [0.5, 0.6) is 0 Å². The molecule has 1 atom stereocenters. The Bertz CT molecular complexity index is 391. The molecule has 20 heavy (non-hydrogen) atoms. The molecule has 0 fully saturated rings. The van der Waals surface area contributed by atoms with Gasteiger partial charge >= 0.3 is 0 Å². The molecule has 0 aliphatic rings. The van der Waals surface area contributed by atoms with Gasteiger partial charge in [-0.25, -0.2) is 0 Å². The van der Waals surface area contributed by atoms with E-state index in [2.05, 4.69) is 28.2 Å². The fourth-order valence-corrected chi connectivity index (χ4v) is 2.92. The summed E-state index contributed by atoms with van der Waals surface area (Å²) in [5.74, 6) is 0.864. The quantitative estimate of drug-likeness (QED) is 0.663. The first kappa shape index (κ1) is 17.5. The summed E-state index contributed by atoms with van der Waals surface area (Å²) >= 11 is 4.92. The number of aliphatic hydroxyl groups is 1. The van der Waals surface area contributed by atoms with Gasteiger partial charge in [-0.3, -0.25) is 4.79 Å². The number of thioether (sulfide) groups is 1. The number of halogens is 1. The molecule has 1 amide bonds. The van der Waals surface area contributed by atoms with E-state index in [1.807, 2.05) is 24.3 Å². The number of hydrogen-bond donors (Lipinski definition) is 2. The van der Waals surface area contributed by atoms with Gasteiger partial charge in [-0.15, -0.1) is 11.8 Å². The van der Waals surface area contributed by atoms with Crippen molar-refractivity contribution in [1.29, 1.82) is 0 Å². The third kappa shape index (κ3) is 7.31. The molecular weight excluding hydrogens is 338 g/mol. The summed E-state index contributed by atoms with van der Waals surface area (Å²) in [6.07, 6.45) is 2.88. The molecule has 0 radical (unpaired) electrons. The summed E-state index contributed by atoms with van der Waals surface area (Å²) in [5.41, 5.74) is 0. The lowest BCUT2D eigenvalue weighted by Crippen LogP contribution is -2.31. The Balaban J connectivity index is 2.27. The topological polar surface area (TPSA) is 49.3 Å². The van der Waals surface area contributed by atoms with Crippen LogP contribution in [0.4, 0.5) is 0 Å². The number of nitrogens with one attached hydrogen (secondary N) is 1. The maximum atomic E-state index is 11.8. The highest BCUT2D eigenvalue weighted by Crippen LogP contribution is 2.20. The molecule has 0 aromatic heterocycles. The van der Waals surface area contributed by atoms with E-state index in [0.717, 1.165) is 28.6 Å². The van der Waals surface area contributed by atoms with E-state index >= 15 is 0 Å². The van der Waals surface area contributed by atoms with Gasteiger partial charge in [-0.05, 0) is 43.0 Å². The molecule has 0 heterocycles. The van der Waals surface area contributed by atoms with Crippen LogP contribution >= 0.6 is 27.7 Å².